The minimum atomic E-state index is -1.50. The van der Waals surface area contributed by atoms with Crippen molar-refractivity contribution in [3.05, 3.63) is 40.3 Å². The Labute approximate surface area is 163 Å². The van der Waals surface area contributed by atoms with E-state index >= 15 is 0 Å². The van der Waals surface area contributed by atoms with E-state index in [0.29, 0.717) is 11.8 Å². The van der Waals surface area contributed by atoms with Crippen molar-refractivity contribution in [2.24, 2.45) is 17.8 Å². The molecule has 28 heavy (non-hydrogen) atoms. The molecule has 3 atom stereocenters. The molecule has 1 saturated carbocycles. The Morgan fingerprint density at radius 2 is 1.93 bits per heavy atom. The van der Waals surface area contributed by atoms with Crippen molar-refractivity contribution in [2.45, 2.75) is 52.7 Å². The number of esters is 1. The van der Waals surface area contributed by atoms with Crippen molar-refractivity contribution in [3.8, 4) is 0 Å². The molecule has 0 aliphatic heterocycles. The molecular formula is C21H25N2O5-. The summed E-state index contributed by atoms with van der Waals surface area (Å²) in [6.07, 6.45) is 2.70. The van der Waals surface area contributed by atoms with Crippen LogP contribution in [-0.2, 0) is 16.1 Å². The number of aromatic carboxylic acids is 1. The van der Waals surface area contributed by atoms with Crippen LogP contribution in [0.1, 0.15) is 50.5 Å². The molecular weight excluding hydrogens is 360 g/mol. The van der Waals surface area contributed by atoms with Crippen LogP contribution in [0.5, 0.6) is 0 Å². The third-order valence-corrected chi connectivity index (χ3v) is 5.58. The van der Waals surface area contributed by atoms with Crippen molar-refractivity contribution in [3.63, 3.8) is 0 Å². The largest absolute Gasteiger partial charge is 0.543 e. The smallest absolute Gasteiger partial charge is 0.328 e. The van der Waals surface area contributed by atoms with Crippen molar-refractivity contribution in [1.29, 1.82) is 0 Å². The standard InChI is InChI=1S/C21H26N2O5/c1-12(2)14-9-8-13(3)10-17(14)28-18(24)11-23-20(25)16-7-5-4-6-15(16)19(22-23)21(26)27/h4-7,12-14,17H,8-11H2,1-3H3,(H,26,27)/p-1/t13-,14+,17+/m0/s1. The van der Waals surface area contributed by atoms with Crippen LogP contribution in [-0.4, -0.2) is 27.8 Å². The number of carbonyl (C=O) groups excluding carboxylic acids is 2. The SMILES string of the molecule is CC(C)[C@H]1CC[C@H](C)C[C@H]1OC(=O)Cn1nc(C(=O)[O-])c2ccccc2c1=O. The predicted molar refractivity (Wildman–Crippen MR) is 102 cm³/mol. The Kier molecular flexibility index (Phi) is 5.82. The average molecular weight is 385 g/mol. The molecule has 1 fully saturated rings. The molecule has 1 aliphatic carbocycles. The summed E-state index contributed by atoms with van der Waals surface area (Å²) in [6.45, 7) is 5.94. The monoisotopic (exact) mass is 385 g/mol. The average Bonchev–Trinajstić information content (AvgIpc) is 2.63. The summed E-state index contributed by atoms with van der Waals surface area (Å²) in [5, 5.41) is 15.6. The van der Waals surface area contributed by atoms with Crippen LogP contribution in [0.4, 0.5) is 0 Å². The van der Waals surface area contributed by atoms with Gasteiger partial charge >= 0.3 is 5.97 Å². The van der Waals surface area contributed by atoms with E-state index in [9.17, 15) is 19.5 Å². The highest BCUT2D eigenvalue weighted by Crippen LogP contribution is 2.35. The van der Waals surface area contributed by atoms with Gasteiger partial charge in [0, 0.05) is 5.39 Å². The number of carboxylic acid groups (broad SMARTS) is 1. The van der Waals surface area contributed by atoms with E-state index in [1.54, 1.807) is 12.1 Å². The van der Waals surface area contributed by atoms with Crippen LogP contribution < -0.4 is 10.7 Å². The van der Waals surface area contributed by atoms with Crippen LogP contribution in [0, 0.1) is 17.8 Å². The molecule has 7 heteroatoms. The number of carbonyl (C=O) groups is 2. The fourth-order valence-electron chi connectivity index (χ4n) is 4.07. The Morgan fingerprint density at radius 1 is 1.25 bits per heavy atom. The zero-order valence-corrected chi connectivity index (χ0v) is 16.4. The van der Waals surface area contributed by atoms with Crippen LogP contribution in [0.15, 0.2) is 29.1 Å². The predicted octanol–water partition coefficient (Wildman–Crippen LogP) is 1.76. The number of aromatic nitrogens is 2. The lowest BCUT2D eigenvalue weighted by atomic mass is 9.75. The van der Waals surface area contributed by atoms with Crippen LogP contribution in [0.2, 0.25) is 0 Å². The molecule has 150 valence electrons. The number of rotatable bonds is 5. The lowest BCUT2D eigenvalue weighted by Crippen LogP contribution is -2.38. The molecule has 1 aromatic heterocycles. The van der Waals surface area contributed by atoms with Crippen molar-refractivity contribution < 1.29 is 19.4 Å². The second-order valence-electron chi connectivity index (χ2n) is 8.00. The van der Waals surface area contributed by atoms with E-state index in [4.69, 9.17) is 4.74 Å². The zero-order chi connectivity index (χ0) is 20.4. The third kappa shape index (κ3) is 4.08. The fraction of sp³-hybridized carbons (Fsp3) is 0.524. The van der Waals surface area contributed by atoms with Gasteiger partial charge in [0.2, 0.25) is 0 Å². The molecule has 0 saturated heterocycles. The van der Waals surface area contributed by atoms with E-state index in [-0.39, 0.29) is 28.5 Å². The molecule has 0 amide bonds. The van der Waals surface area contributed by atoms with Crippen LogP contribution >= 0.6 is 0 Å². The summed E-state index contributed by atoms with van der Waals surface area (Å²) < 4.78 is 6.56. The summed E-state index contributed by atoms with van der Waals surface area (Å²) in [7, 11) is 0. The number of hydrogen-bond donors (Lipinski definition) is 0. The number of ether oxygens (including phenoxy) is 1. The maximum atomic E-state index is 12.6. The van der Waals surface area contributed by atoms with Gasteiger partial charge < -0.3 is 14.6 Å². The highest BCUT2D eigenvalue weighted by atomic mass is 16.5. The highest BCUT2D eigenvalue weighted by molar-refractivity contribution is 6.00. The maximum absolute atomic E-state index is 12.6. The molecule has 1 aliphatic rings. The Bertz CT molecular complexity index is 949. The molecule has 0 unspecified atom stereocenters. The molecule has 7 nitrogen and oxygen atoms in total. The molecule has 2 aromatic rings. The van der Waals surface area contributed by atoms with Gasteiger partial charge in [0.25, 0.3) is 5.56 Å². The van der Waals surface area contributed by atoms with E-state index in [1.807, 2.05) is 0 Å². The number of carboxylic acids is 1. The van der Waals surface area contributed by atoms with Gasteiger partial charge in [0.15, 0.2) is 0 Å². The molecule has 1 aromatic carbocycles. The number of benzene rings is 1. The normalized spacial score (nSPS) is 22.4. The van der Waals surface area contributed by atoms with Gasteiger partial charge in [-0.05, 0) is 36.7 Å². The van der Waals surface area contributed by atoms with Gasteiger partial charge in [-0.3, -0.25) is 9.59 Å². The summed E-state index contributed by atoms with van der Waals surface area (Å²) in [5.74, 6) is -0.950. The summed E-state index contributed by atoms with van der Waals surface area (Å²) >= 11 is 0. The fourth-order valence-corrected chi connectivity index (χ4v) is 4.07. The minimum absolute atomic E-state index is 0.177. The maximum Gasteiger partial charge on any atom is 0.328 e. The van der Waals surface area contributed by atoms with Crippen LogP contribution in [0.3, 0.4) is 0 Å². The number of fused-ring (bicyclic) bond motifs is 1. The molecule has 3 rings (SSSR count). The Balaban J connectivity index is 1.86. The van der Waals surface area contributed by atoms with Gasteiger partial charge in [-0.2, -0.15) is 5.10 Å². The van der Waals surface area contributed by atoms with E-state index in [1.165, 1.54) is 12.1 Å². The molecule has 0 spiro atoms. The van der Waals surface area contributed by atoms with Gasteiger partial charge in [-0.25, -0.2) is 4.68 Å². The van der Waals surface area contributed by atoms with Crippen molar-refractivity contribution >= 4 is 22.7 Å². The summed E-state index contributed by atoms with van der Waals surface area (Å²) in [5.41, 5.74) is -0.899. The first-order chi connectivity index (χ1) is 13.3. The summed E-state index contributed by atoms with van der Waals surface area (Å²) in [4.78, 5) is 36.6. The van der Waals surface area contributed by atoms with Gasteiger partial charge in [-0.15, -0.1) is 0 Å². The molecule has 0 N–H and O–H groups in total. The molecule has 0 radical (unpaired) electrons. The lowest BCUT2D eigenvalue weighted by molar-refractivity contribution is -0.255. The number of hydrogen-bond acceptors (Lipinski definition) is 6. The second kappa shape index (κ2) is 8.12. The second-order valence-corrected chi connectivity index (χ2v) is 8.00. The van der Waals surface area contributed by atoms with Crippen LogP contribution in [0.25, 0.3) is 10.8 Å². The van der Waals surface area contributed by atoms with Gasteiger partial charge in [-0.1, -0.05) is 45.4 Å². The van der Waals surface area contributed by atoms with Gasteiger partial charge in [0.1, 0.15) is 18.3 Å². The van der Waals surface area contributed by atoms with Gasteiger partial charge in [0.05, 0.1) is 11.4 Å². The third-order valence-electron chi connectivity index (χ3n) is 5.58. The van der Waals surface area contributed by atoms with E-state index in [2.05, 4.69) is 25.9 Å². The van der Waals surface area contributed by atoms with E-state index < -0.39 is 24.0 Å². The Hall–Kier alpha value is -2.70. The first-order valence-electron chi connectivity index (χ1n) is 9.68. The van der Waals surface area contributed by atoms with Crippen molar-refractivity contribution in [1.82, 2.24) is 9.78 Å². The van der Waals surface area contributed by atoms with Crippen molar-refractivity contribution in [2.75, 3.05) is 0 Å². The quantitative estimate of drug-likeness (QED) is 0.727. The molecule has 1 heterocycles. The highest BCUT2D eigenvalue weighted by Gasteiger charge is 2.33. The Morgan fingerprint density at radius 3 is 2.57 bits per heavy atom. The first-order valence-corrected chi connectivity index (χ1v) is 9.68. The number of nitrogens with zero attached hydrogens (tertiary/aromatic N) is 2. The lowest BCUT2D eigenvalue weighted by Gasteiger charge is -2.36. The minimum Gasteiger partial charge on any atom is -0.543 e. The first kappa shape index (κ1) is 20.0. The topological polar surface area (TPSA) is 101 Å². The summed E-state index contributed by atoms with van der Waals surface area (Å²) in [6, 6.07) is 6.24. The van der Waals surface area contributed by atoms with E-state index in [0.717, 1.165) is 23.9 Å². The zero-order valence-electron chi connectivity index (χ0n) is 16.4. The molecule has 0 bridgehead atoms.